The number of rotatable bonds is 3. The van der Waals surface area contributed by atoms with Crippen LogP contribution in [0, 0.1) is 0 Å². The molecule has 3 N–H and O–H groups in total. The first-order valence-electron chi connectivity index (χ1n) is 6.23. The lowest BCUT2D eigenvalue weighted by Crippen LogP contribution is -2.12. The lowest BCUT2D eigenvalue weighted by Gasteiger charge is -2.08. The molecule has 1 aromatic heterocycles. The summed E-state index contributed by atoms with van der Waals surface area (Å²) in [6, 6.07) is 13.4. The molecule has 0 radical (unpaired) electrons. The minimum atomic E-state index is -1.05. The monoisotopic (exact) mass is 281 g/mol. The Balaban J connectivity index is 2.07. The molecule has 104 valence electrons. The zero-order chi connectivity index (χ0) is 14.8. The minimum Gasteiger partial charge on any atom is -0.478 e. The molecule has 0 saturated carbocycles. The van der Waals surface area contributed by atoms with Gasteiger partial charge < -0.3 is 10.4 Å². The first-order chi connectivity index (χ1) is 10.1. The Hall–Kier alpha value is -3.15. The maximum Gasteiger partial charge on any atom is 0.337 e. The number of nitrogens with one attached hydrogen (secondary N) is 2. The van der Waals surface area contributed by atoms with Crippen molar-refractivity contribution in [3.05, 3.63) is 64.4 Å². The van der Waals surface area contributed by atoms with E-state index in [1.807, 2.05) is 0 Å². The SMILES string of the molecule is O=C(O)c1ccccc1Nc1nc2ccccc2c(=O)[nH]1. The van der Waals surface area contributed by atoms with Gasteiger partial charge in [-0.2, -0.15) is 0 Å². The number of carboxylic acids is 1. The molecule has 6 heteroatoms. The zero-order valence-corrected chi connectivity index (χ0v) is 10.8. The highest BCUT2D eigenvalue weighted by atomic mass is 16.4. The number of carbonyl (C=O) groups is 1. The third-order valence-electron chi connectivity index (χ3n) is 3.02. The average Bonchev–Trinajstić information content (AvgIpc) is 2.47. The Labute approximate surface area is 119 Å². The number of H-pyrrole nitrogens is 1. The van der Waals surface area contributed by atoms with E-state index in [-0.39, 0.29) is 17.1 Å². The third kappa shape index (κ3) is 2.46. The van der Waals surface area contributed by atoms with Crippen molar-refractivity contribution in [2.75, 3.05) is 5.32 Å². The molecular formula is C15H11N3O3. The topological polar surface area (TPSA) is 95.1 Å². The number of hydrogen-bond donors (Lipinski definition) is 3. The number of carboxylic acid groups (broad SMARTS) is 1. The van der Waals surface area contributed by atoms with Crippen LogP contribution in [0.3, 0.4) is 0 Å². The average molecular weight is 281 g/mol. The maximum absolute atomic E-state index is 12.0. The lowest BCUT2D eigenvalue weighted by atomic mass is 10.2. The van der Waals surface area contributed by atoms with Gasteiger partial charge in [-0.15, -0.1) is 0 Å². The van der Waals surface area contributed by atoms with E-state index in [9.17, 15) is 9.59 Å². The van der Waals surface area contributed by atoms with Crippen molar-refractivity contribution >= 4 is 28.5 Å². The molecule has 0 amide bonds. The van der Waals surface area contributed by atoms with Gasteiger partial charge in [0.2, 0.25) is 5.95 Å². The Bertz CT molecular complexity index is 886. The Morgan fingerprint density at radius 3 is 2.62 bits per heavy atom. The summed E-state index contributed by atoms with van der Waals surface area (Å²) in [6.45, 7) is 0. The van der Waals surface area contributed by atoms with Gasteiger partial charge in [0, 0.05) is 0 Å². The van der Waals surface area contributed by atoms with Crippen LogP contribution >= 0.6 is 0 Å². The van der Waals surface area contributed by atoms with Crippen molar-refractivity contribution in [2.45, 2.75) is 0 Å². The Kier molecular flexibility index (Phi) is 3.12. The van der Waals surface area contributed by atoms with Gasteiger partial charge in [-0.25, -0.2) is 9.78 Å². The number of anilines is 2. The van der Waals surface area contributed by atoms with E-state index in [0.717, 1.165) is 0 Å². The molecule has 2 aromatic carbocycles. The molecule has 0 aliphatic carbocycles. The van der Waals surface area contributed by atoms with Crippen molar-refractivity contribution < 1.29 is 9.90 Å². The summed E-state index contributed by atoms with van der Waals surface area (Å²) in [5, 5.41) is 12.5. The van der Waals surface area contributed by atoms with Crippen LogP contribution in [0.1, 0.15) is 10.4 Å². The number of hydrogen-bond acceptors (Lipinski definition) is 4. The molecule has 0 bridgehead atoms. The number of benzene rings is 2. The number of fused-ring (bicyclic) bond motifs is 1. The number of para-hydroxylation sites is 2. The van der Waals surface area contributed by atoms with E-state index >= 15 is 0 Å². The summed E-state index contributed by atoms with van der Waals surface area (Å²) in [5.74, 6) is -0.853. The fourth-order valence-electron chi connectivity index (χ4n) is 2.05. The number of aromatic nitrogens is 2. The highest BCUT2D eigenvalue weighted by Gasteiger charge is 2.10. The molecule has 0 atom stereocenters. The summed E-state index contributed by atoms with van der Waals surface area (Å²) in [5.41, 5.74) is 0.726. The predicted molar refractivity (Wildman–Crippen MR) is 79.0 cm³/mol. The van der Waals surface area contributed by atoms with Crippen LogP contribution in [0.5, 0.6) is 0 Å². The van der Waals surface area contributed by atoms with Crippen LogP contribution in [0.25, 0.3) is 10.9 Å². The lowest BCUT2D eigenvalue weighted by molar-refractivity contribution is 0.0698. The van der Waals surface area contributed by atoms with Crippen molar-refractivity contribution in [3.63, 3.8) is 0 Å². The first-order valence-corrected chi connectivity index (χ1v) is 6.23. The molecule has 3 aromatic rings. The smallest absolute Gasteiger partial charge is 0.337 e. The quantitative estimate of drug-likeness (QED) is 0.685. The van der Waals surface area contributed by atoms with Crippen molar-refractivity contribution in [3.8, 4) is 0 Å². The summed E-state index contributed by atoms with van der Waals surface area (Å²) < 4.78 is 0. The zero-order valence-electron chi connectivity index (χ0n) is 10.8. The Morgan fingerprint density at radius 2 is 1.81 bits per heavy atom. The van der Waals surface area contributed by atoms with Gasteiger partial charge in [-0.05, 0) is 24.3 Å². The highest BCUT2D eigenvalue weighted by molar-refractivity contribution is 5.95. The van der Waals surface area contributed by atoms with Gasteiger partial charge in [0.1, 0.15) is 0 Å². The molecule has 21 heavy (non-hydrogen) atoms. The fourth-order valence-corrected chi connectivity index (χ4v) is 2.05. The summed E-state index contributed by atoms with van der Waals surface area (Å²) >= 11 is 0. The van der Waals surface area contributed by atoms with Crippen LogP contribution in [0.2, 0.25) is 0 Å². The molecule has 0 fully saturated rings. The number of aromatic amines is 1. The molecule has 0 aliphatic rings. The van der Waals surface area contributed by atoms with Gasteiger partial charge in [-0.3, -0.25) is 9.78 Å². The molecule has 0 aliphatic heterocycles. The van der Waals surface area contributed by atoms with Gasteiger partial charge in [0.15, 0.2) is 0 Å². The maximum atomic E-state index is 12.0. The van der Waals surface area contributed by atoms with Crippen LogP contribution in [-0.4, -0.2) is 21.0 Å². The molecule has 3 rings (SSSR count). The summed E-state index contributed by atoms with van der Waals surface area (Å²) in [6.07, 6.45) is 0. The van der Waals surface area contributed by atoms with Gasteiger partial charge in [-0.1, -0.05) is 24.3 Å². The second kappa shape index (κ2) is 5.09. The molecular weight excluding hydrogens is 270 g/mol. The van der Waals surface area contributed by atoms with E-state index in [1.54, 1.807) is 42.5 Å². The molecule has 0 saturated heterocycles. The second-order valence-corrected chi connectivity index (χ2v) is 4.41. The van der Waals surface area contributed by atoms with Crippen molar-refractivity contribution in [2.24, 2.45) is 0 Å². The van der Waals surface area contributed by atoms with Gasteiger partial charge in [0.05, 0.1) is 22.2 Å². The largest absolute Gasteiger partial charge is 0.478 e. The Morgan fingerprint density at radius 1 is 1.10 bits per heavy atom. The summed E-state index contributed by atoms with van der Waals surface area (Å²) in [7, 11) is 0. The third-order valence-corrected chi connectivity index (χ3v) is 3.02. The van der Waals surface area contributed by atoms with E-state index in [4.69, 9.17) is 5.11 Å². The molecule has 1 heterocycles. The minimum absolute atomic E-state index is 0.105. The van der Waals surface area contributed by atoms with Crippen molar-refractivity contribution in [1.82, 2.24) is 9.97 Å². The van der Waals surface area contributed by atoms with Crippen molar-refractivity contribution in [1.29, 1.82) is 0 Å². The van der Waals surface area contributed by atoms with Crippen LogP contribution in [-0.2, 0) is 0 Å². The number of nitrogens with zero attached hydrogens (tertiary/aromatic N) is 1. The number of aromatic carboxylic acids is 1. The van der Waals surface area contributed by atoms with Crippen LogP contribution < -0.4 is 10.9 Å². The highest BCUT2D eigenvalue weighted by Crippen LogP contribution is 2.19. The van der Waals surface area contributed by atoms with E-state index in [2.05, 4.69) is 15.3 Å². The second-order valence-electron chi connectivity index (χ2n) is 4.41. The molecule has 0 unspecified atom stereocenters. The van der Waals surface area contributed by atoms with Crippen LogP contribution in [0.4, 0.5) is 11.6 Å². The summed E-state index contributed by atoms with van der Waals surface area (Å²) in [4.78, 5) is 30.0. The van der Waals surface area contributed by atoms with Gasteiger partial charge in [0.25, 0.3) is 5.56 Å². The normalized spacial score (nSPS) is 10.5. The fraction of sp³-hybridized carbons (Fsp3) is 0. The van der Waals surface area contributed by atoms with E-state index < -0.39 is 5.97 Å². The molecule has 0 spiro atoms. The standard InChI is InChI=1S/C15H11N3O3/c19-13-9-5-1-3-7-11(9)16-15(18-13)17-12-8-4-2-6-10(12)14(20)21/h1-8H,(H,20,21)(H2,16,17,18,19). The first kappa shape index (κ1) is 12.9. The van der Waals surface area contributed by atoms with Crippen LogP contribution in [0.15, 0.2) is 53.3 Å². The van der Waals surface area contributed by atoms with E-state index in [1.165, 1.54) is 6.07 Å². The molecule has 6 nitrogen and oxygen atoms in total. The van der Waals surface area contributed by atoms with Gasteiger partial charge >= 0.3 is 5.97 Å². The van der Waals surface area contributed by atoms with E-state index in [0.29, 0.717) is 16.6 Å². The predicted octanol–water partition coefficient (Wildman–Crippen LogP) is 2.36.